The van der Waals surface area contributed by atoms with Crippen molar-refractivity contribution < 1.29 is 24.5 Å². The number of nitrogens with two attached hydrogens (primary N) is 2. The van der Waals surface area contributed by atoms with Crippen LogP contribution in [-0.4, -0.2) is 34.2 Å². The van der Waals surface area contributed by atoms with E-state index >= 15 is 0 Å². The van der Waals surface area contributed by atoms with Gasteiger partial charge >= 0.3 is 11.9 Å². The van der Waals surface area contributed by atoms with Gasteiger partial charge in [0.25, 0.3) is 0 Å². The molecule has 132 valence electrons. The molecule has 2 aromatic rings. The summed E-state index contributed by atoms with van der Waals surface area (Å²) in [6.07, 6.45) is 0.467. The van der Waals surface area contributed by atoms with E-state index < -0.39 is 24.0 Å². The van der Waals surface area contributed by atoms with Crippen LogP contribution in [0.5, 0.6) is 11.5 Å². The molecule has 0 aromatic heterocycles. The highest BCUT2D eigenvalue weighted by molar-refractivity contribution is 5.78. The Labute approximate surface area is 144 Å². The van der Waals surface area contributed by atoms with Crippen molar-refractivity contribution in [3.8, 4) is 11.5 Å². The lowest BCUT2D eigenvalue weighted by atomic mass is 10.1. The Bertz CT molecular complexity index is 728. The number of carbonyl (C=O) groups excluding carboxylic acids is 1. The van der Waals surface area contributed by atoms with Crippen LogP contribution in [0.4, 0.5) is 0 Å². The van der Waals surface area contributed by atoms with E-state index in [0.717, 1.165) is 11.1 Å². The van der Waals surface area contributed by atoms with Crippen molar-refractivity contribution in [2.75, 3.05) is 0 Å². The monoisotopic (exact) mass is 344 g/mol. The first kappa shape index (κ1) is 18.4. The number of hydrogen-bond acceptors (Lipinski definition) is 6. The lowest BCUT2D eigenvalue weighted by molar-refractivity contribution is -0.138. The highest BCUT2D eigenvalue weighted by Gasteiger charge is 2.17. The third-order valence-electron chi connectivity index (χ3n) is 3.61. The maximum atomic E-state index is 12.0. The maximum Gasteiger partial charge on any atom is 0.328 e. The lowest BCUT2D eigenvalue weighted by Crippen LogP contribution is -2.36. The van der Waals surface area contributed by atoms with Crippen LogP contribution in [0, 0.1) is 0 Å². The van der Waals surface area contributed by atoms with Crippen LogP contribution in [0.3, 0.4) is 0 Å². The molecule has 2 aromatic carbocycles. The van der Waals surface area contributed by atoms with Gasteiger partial charge in [0, 0.05) is 0 Å². The van der Waals surface area contributed by atoms with Crippen molar-refractivity contribution in [3.05, 3.63) is 59.7 Å². The molecule has 0 radical (unpaired) electrons. The molecule has 0 heterocycles. The highest BCUT2D eigenvalue weighted by Crippen LogP contribution is 2.15. The molecule has 0 saturated heterocycles. The average Bonchev–Trinajstić information content (AvgIpc) is 2.58. The Balaban J connectivity index is 1.91. The second-order valence-corrected chi connectivity index (χ2v) is 5.69. The van der Waals surface area contributed by atoms with E-state index in [0.29, 0.717) is 5.75 Å². The number of aliphatic carboxylic acids is 1. The molecule has 0 fully saturated rings. The molecular formula is C18H20N2O5. The van der Waals surface area contributed by atoms with Gasteiger partial charge in [0.05, 0.1) is 0 Å². The van der Waals surface area contributed by atoms with Gasteiger partial charge in [0.2, 0.25) is 0 Å². The van der Waals surface area contributed by atoms with Crippen molar-refractivity contribution in [3.63, 3.8) is 0 Å². The molecule has 6 N–H and O–H groups in total. The van der Waals surface area contributed by atoms with Crippen molar-refractivity contribution in [1.29, 1.82) is 0 Å². The summed E-state index contributed by atoms with van der Waals surface area (Å²) in [5, 5.41) is 18.0. The Hall–Kier alpha value is -2.90. The molecule has 0 aliphatic rings. The van der Waals surface area contributed by atoms with Crippen molar-refractivity contribution >= 4 is 11.9 Å². The van der Waals surface area contributed by atoms with E-state index in [2.05, 4.69) is 0 Å². The lowest BCUT2D eigenvalue weighted by Gasteiger charge is -2.12. The Morgan fingerprint density at radius 3 is 1.88 bits per heavy atom. The summed E-state index contributed by atoms with van der Waals surface area (Å²) in [6.45, 7) is 0. The largest absolute Gasteiger partial charge is 0.508 e. The van der Waals surface area contributed by atoms with Crippen LogP contribution in [0.15, 0.2) is 48.5 Å². The summed E-state index contributed by atoms with van der Waals surface area (Å²) >= 11 is 0. The summed E-state index contributed by atoms with van der Waals surface area (Å²) in [5.41, 5.74) is 12.8. The zero-order valence-corrected chi connectivity index (χ0v) is 13.5. The predicted molar refractivity (Wildman–Crippen MR) is 91.2 cm³/mol. The van der Waals surface area contributed by atoms with Crippen LogP contribution in [0.1, 0.15) is 11.1 Å². The zero-order valence-electron chi connectivity index (χ0n) is 13.5. The van der Waals surface area contributed by atoms with E-state index in [9.17, 15) is 14.7 Å². The number of phenols is 1. The topological polar surface area (TPSA) is 136 Å². The molecule has 2 atom stereocenters. The number of benzene rings is 2. The van der Waals surface area contributed by atoms with E-state index in [1.54, 1.807) is 36.4 Å². The summed E-state index contributed by atoms with van der Waals surface area (Å²) < 4.78 is 5.22. The first-order valence-electron chi connectivity index (χ1n) is 7.67. The second-order valence-electron chi connectivity index (χ2n) is 5.69. The van der Waals surface area contributed by atoms with Gasteiger partial charge in [-0.2, -0.15) is 0 Å². The Morgan fingerprint density at radius 2 is 1.36 bits per heavy atom. The van der Waals surface area contributed by atoms with Crippen molar-refractivity contribution in [2.24, 2.45) is 11.5 Å². The van der Waals surface area contributed by atoms with Gasteiger partial charge in [-0.1, -0.05) is 24.3 Å². The van der Waals surface area contributed by atoms with Crippen LogP contribution < -0.4 is 16.2 Å². The minimum atomic E-state index is -1.07. The smallest absolute Gasteiger partial charge is 0.328 e. The fraction of sp³-hybridized carbons (Fsp3) is 0.222. The van der Waals surface area contributed by atoms with E-state index in [4.69, 9.17) is 21.3 Å². The van der Waals surface area contributed by atoms with E-state index in [1.165, 1.54) is 12.1 Å². The summed E-state index contributed by atoms with van der Waals surface area (Å²) in [6, 6.07) is 11.0. The number of carboxylic acids is 1. The van der Waals surface area contributed by atoms with E-state index in [-0.39, 0.29) is 18.6 Å². The van der Waals surface area contributed by atoms with Gasteiger partial charge < -0.3 is 26.4 Å². The van der Waals surface area contributed by atoms with Crippen molar-refractivity contribution in [1.82, 2.24) is 0 Å². The minimum absolute atomic E-state index is 0.141. The Kier molecular flexibility index (Phi) is 6.10. The maximum absolute atomic E-state index is 12.0. The van der Waals surface area contributed by atoms with Gasteiger partial charge in [-0.05, 0) is 48.2 Å². The molecule has 0 spiro atoms. The van der Waals surface area contributed by atoms with Crippen molar-refractivity contribution in [2.45, 2.75) is 24.9 Å². The Morgan fingerprint density at radius 1 is 0.880 bits per heavy atom. The van der Waals surface area contributed by atoms with E-state index in [1.807, 2.05) is 0 Å². The van der Waals surface area contributed by atoms with Gasteiger partial charge in [-0.25, -0.2) is 4.79 Å². The first-order valence-corrected chi connectivity index (χ1v) is 7.67. The third-order valence-corrected chi connectivity index (χ3v) is 3.61. The van der Waals surface area contributed by atoms with Crippen LogP contribution in [-0.2, 0) is 22.4 Å². The first-order chi connectivity index (χ1) is 11.8. The predicted octanol–water partition coefficient (Wildman–Crippen LogP) is 0.822. The normalized spacial score (nSPS) is 13.0. The molecule has 1 unspecified atom stereocenters. The number of phenolic OH excluding ortho intramolecular Hbond substituents is 1. The minimum Gasteiger partial charge on any atom is -0.508 e. The van der Waals surface area contributed by atoms with Crippen LogP contribution in [0.2, 0.25) is 0 Å². The fourth-order valence-corrected chi connectivity index (χ4v) is 2.20. The molecular weight excluding hydrogens is 324 g/mol. The third kappa shape index (κ3) is 5.59. The number of carboxylic acid groups (broad SMARTS) is 1. The number of rotatable bonds is 7. The SMILES string of the molecule is NC(Cc1ccc(O)cc1)C(=O)Oc1ccc(C[C@H](N)C(=O)O)cc1. The van der Waals surface area contributed by atoms with Crippen LogP contribution in [0.25, 0.3) is 0 Å². The number of ether oxygens (including phenoxy) is 1. The number of carbonyl (C=O) groups is 2. The number of hydrogen-bond donors (Lipinski definition) is 4. The zero-order chi connectivity index (χ0) is 18.4. The standard InChI is InChI=1S/C18H20N2O5/c19-15(17(22)23)9-12-3-7-14(8-4-12)25-18(24)16(20)10-11-1-5-13(21)6-2-11/h1-8,15-16,21H,9-10,19-20H2,(H,22,23)/t15-,16?/m0/s1. The molecule has 7 heteroatoms. The molecule has 0 aliphatic heterocycles. The summed E-state index contributed by atoms with van der Waals surface area (Å²) in [4.78, 5) is 22.8. The molecule has 0 amide bonds. The molecule has 0 saturated carbocycles. The molecule has 0 bridgehead atoms. The summed E-state index contributed by atoms with van der Waals surface area (Å²) in [7, 11) is 0. The van der Waals surface area contributed by atoms with Gasteiger partial charge in [-0.3, -0.25) is 4.79 Å². The van der Waals surface area contributed by atoms with Gasteiger partial charge in [0.1, 0.15) is 23.6 Å². The fourth-order valence-electron chi connectivity index (χ4n) is 2.20. The summed E-state index contributed by atoms with van der Waals surface area (Å²) in [5.74, 6) is -1.19. The second kappa shape index (κ2) is 8.27. The van der Waals surface area contributed by atoms with Crippen LogP contribution >= 0.6 is 0 Å². The molecule has 0 aliphatic carbocycles. The average molecular weight is 344 g/mol. The quantitative estimate of drug-likeness (QED) is 0.431. The number of aromatic hydroxyl groups is 1. The molecule has 25 heavy (non-hydrogen) atoms. The molecule has 7 nitrogen and oxygen atoms in total. The highest BCUT2D eigenvalue weighted by atomic mass is 16.5. The number of esters is 1. The molecule has 2 rings (SSSR count). The van der Waals surface area contributed by atoms with Gasteiger partial charge in [0.15, 0.2) is 0 Å². The van der Waals surface area contributed by atoms with Gasteiger partial charge in [-0.15, -0.1) is 0 Å².